The van der Waals surface area contributed by atoms with E-state index in [0.29, 0.717) is 30.5 Å². The van der Waals surface area contributed by atoms with Crippen LogP contribution in [0.5, 0.6) is 0 Å². The SMILES string of the molecule is CC1=C(OC2CCCO2)C(CCOC2CCCC2)OC1=O. The molecule has 3 aliphatic rings. The molecule has 5 nitrogen and oxygen atoms in total. The molecule has 2 atom stereocenters. The maximum Gasteiger partial charge on any atom is 0.338 e. The number of carbonyl (C=O) groups excluding carboxylic acids is 1. The molecule has 5 heteroatoms. The molecule has 21 heavy (non-hydrogen) atoms. The van der Waals surface area contributed by atoms with Gasteiger partial charge in [-0.2, -0.15) is 0 Å². The van der Waals surface area contributed by atoms with Gasteiger partial charge in [-0.3, -0.25) is 0 Å². The van der Waals surface area contributed by atoms with Crippen LogP contribution in [0.1, 0.15) is 51.9 Å². The zero-order valence-corrected chi connectivity index (χ0v) is 12.6. The first-order valence-electron chi connectivity index (χ1n) is 8.05. The topological polar surface area (TPSA) is 54.0 Å². The summed E-state index contributed by atoms with van der Waals surface area (Å²) in [5, 5.41) is 0. The zero-order chi connectivity index (χ0) is 14.7. The standard InChI is InChI=1S/C16H24O5/c1-11-15(21-14-7-4-9-19-14)13(20-16(11)17)8-10-18-12-5-2-3-6-12/h12-14H,2-10H2,1H3. The molecule has 0 aromatic heterocycles. The fourth-order valence-electron chi connectivity index (χ4n) is 3.15. The lowest BCUT2D eigenvalue weighted by molar-refractivity contribution is -0.143. The molecule has 0 aromatic carbocycles. The molecule has 0 N–H and O–H groups in total. The quantitative estimate of drug-likeness (QED) is 0.705. The van der Waals surface area contributed by atoms with E-state index in [-0.39, 0.29) is 18.4 Å². The predicted octanol–water partition coefficient (Wildman–Crippen LogP) is 2.69. The normalized spacial score (nSPS) is 30.2. The molecule has 0 aromatic rings. The summed E-state index contributed by atoms with van der Waals surface area (Å²) in [5.41, 5.74) is 0.566. The average molecular weight is 296 g/mol. The van der Waals surface area contributed by atoms with E-state index in [1.807, 2.05) is 0 Å². The minimum atomic E-state index is -0.317. The third-order valence-corrected chi connectivity index (χ3v) is 4.40. The first-order valence-corrected chi connectivity index (χ1v) is 8.05. The lowest BCUT2D eigenvalue weighted by atomic mass is 10.2. The molecule has 0 radical (unpaired) electrons. The molecule has 1 saturated carbocycles. The van der Waals surface area contributed by atoms with Crippen LogP contribution in [0.3, 0.4) is 0 Å². The molecule has 0 amide bonds. The highest BCUT2D eigenvalue weighted by molar-refractivity contribution is 5.91. The third-order valence-electron chi connectivity index (χ3n) is 4.40. The molecule has 3 rings (SSSR count). The Kier molecular flexibility index (Phi) is 4.80. The monoisotopic (exact) mass is 296 g/mol. The van der Waals surface area contributed by atoms with Gasteiger partial charge in [0.2, 0.25) is 0 Å². The van der Waals surface area contributed by atoms with Gasteiger partial charge < -0.3 is 18.9 Å². The van der Waals surface area contributed by atoms with Gasteiger partial charge in [0.1, 0.15) is 0 Å². The number of ether oxygens (including phenoxy) is 4. The van der Waals surface area contributed by atoms with Crippen molar-refractivity contribution >= 4 is 5.97 Å². The van der Waals surface area contributed by atoms with E-state index in [4.69, 9.17) is 18.9 Å². The van der Waals surface area contributed by atoms with Crippen LogP contribution in [0, 0.1) is 0 Å². The molecular weight excluding hydrogens is 272 g/mol. The molecule has 118 valence electrons. The van der Waals surface area contributed by atoms with Gasteiger partial charge >= 0.3 is 5.97 Å². The Balaban J connectivity index is 1.51. The first kappa shape index (κ1) is 14.9. The second-order valence-electron chi connectivity index (χ2n) is 6.01. The van der Waals surface area contributed by atoms with Crippen molar-refractivity contribution in [2.45, 2.75) is 70.4 Å². The maximum absolute atomic E-state index is 11.7. The fourth-order valence-corrected chi connectivity index (χ4v) is 3.15. The van der Waals surface area contributed by atoms with Crippen LogP contribution in [-0.2, 0) is 23.7 Å². The van der Waals surface area contributed by atoms with E-state index < -0.39 is 0 Å². The van der Waals surface area contributed by atoms with E-state index >= 15 is 0 Å². The van der Waals surface area contributed by atoms with Gasteiger partial charge in [0.25, 0.3) is 0 Å². The van der Waals surface area contributed by atoms with Crippen molar-refractivity contribution in [2.24, 2.45) is 0 Å². The van der Waals surface area contributed by atoms with E-state index in [1.54, 1.807) is 6.92 Å². The molecule has 2 fully saturated rings. The van der Waals surface area contributed by atoms with Crippen molar-refractivity contribution in [3.63, 3.8) is 0 Å². The number of hydrogen-bond donors (Lipinski definition) is 0. The lowest BCUT2D eigenvalue weighted by Gasteiger charge is -2.19. The largest absolute Gasteiger partial charge is 0.465 e. The molecule has 0 bridgehead atoms. The van der Waals surface area contributed by atoms with Crippen LogP contribution < -0.4 is 0 Å². The molecule has 1 saturated heterocycles. The van der Waals surface area contributed by atoms with E-state index in [0.717, 1.165) is 32.3 Å². The van der Waals surface area contributed by atoms with Crippen molar-refractivity contribution in [1.82, 2.24) is 0 Å². The van der Waals surface area contributed by atoms with Crippen molar-refractivity contribution in [3.8, 4) is 0 Å². The van der Waals surface area contributed by atoms with Crippen LogP contribution in [-0.4, -0.2) is 37.7 Å². The summed E-state index contributed by atoms with van der Waals surface area (Å²) in [6, 6.07) is 0. The van der Waals surface area contributed by atoms with E-state index in [2.05, 4.69) is 0 Å². The molecule has 2 heterocycles. The van der Waals surface area contributed by atoms with E-state index in [1.165, 1.54) is 12.8 Å². The highest BCUT2D eigenvalue weighted by Crippen LogP contribution is 2.30. The van der Waals surface area contributed by atoms with Crippen LogP contribution >= 0.6 is 0 Å². The number of esters is 1. The Morgan fingerprint density at radius 2 is 2.00 bits per heavy atom. The minimum absolute atomic E-state index is 0.234. The summed E-state index contributed by atoms with van der Waals surface area (Å²) in [7, 11) is 0. The average Bonchev–Trinajstić information content (AvgIpc) is 3.19. The van der Waals surface area contributed by atoms with Gasteiger partial charge in [-0.1, -0.05) is 12.8 Å². The molecule has 2 aliphatic heterocycles. The summed E-state index contributed by atoms with van der Waals surface area (Å²) >= 11 is 0. The molecule has 2 unspecified atom stereocenters. The third kappa shape index (κ3) is 3.58. The minimum Gasteiger partial charge on any atom is -0.465 e. The van der Waals surface area contributed by atoms with Gasteiger partial charge in [-0.25, -0.2) is 4.79 Å². The molecule has 0 spiro atoms. The maximum atomic E-state index is 11.7. The lowest BCUT2D eigenvalue weighted by Crippen LogP contribution is -2.21. The zero-order valence-electron chi connectivity index (χ0n) is 12.6. The van der Waals surface area contributed by atoms with Gasteiger partial charge in [0, 0.05) is 12.8 Å². The van der Waals surface area contributed by atoms with Crippen molar-refractivity contribution in [2.75, 3.05) is 13.2 Å². The Bertz CT molecular complexity index is 405. The van der Waals surface area contributed by atoms with Crippen molar-refractivity contribution < 1.29 is 23.7 Å². The number of hydrogen-bond acceptors (Lipinski definition) is 5. The second kappa shape index (κ2) is 6.79. The van der Waals surface area contributed by atoms with Gasteiger partial charge in [-0.05, 0) is 26.2 Å². The van der Waals surface area contributed by atoms with Gasteiger partial charge in [0.15, 0.2) is 18.2 Å². The number of rotatable bonds is 6. The summed E-state index contributed by atoms with van der Waals surface area (Å²) in [5.74, 6) is 0.357. The summed E-state index contributed by atoms with van der Waals surface area (Å²) in [6.45, 7) is 3.08. The Morgan fingerprint density at radius 3 is 2.71 bits per heavy atom. The van der Waals surface area contributed by atoms with Crippen molar-refractivity contribution in [1.29, 1.82) is 0 Å². The van der Waals surface area contributed by atoms with Gasteiger partial charge in [0.05, 0.1) is 24.9 Å². The predicted molar refractivity (Wildman–Crippen MR) is 75.5 cm³/mol. The molecule has 1 aliphatic carbocycles. The van der Waals surface area contributed by atoms with Crippen LogP contribution in [0.25, 0.3) is 0 Å². The van der Waals surface area contributed by atoms with Crippen LogP contribution in [0.15, 0.2) is 11.3 Å². The first-order chi connectivity index (χ1) is 10.2. The smallest absolute Gasteiger partial charge is 0.338 e. The Morgan fingerprint density at radius 1 is 1.19 bits per heavy atom. The highest BCUT2D eigenvalue weighted by Gasteiger charge is 2.35. The Hall–Kier alpha value is -1.07. The second-order valence-corrected chi connectivity index (χ2v) is 6.01. The highest BCUT2D eigenvalue weighted by atomic mass is 16.7. The summed E-state index contributed by atoms with van der Waals surface area (Å²) in [6.07, 6.45) is 7.18. The number of carbonyl (C=O) groups is 1. The molecular formula is C16H24O5. The fraction of sp³-hybridized carbons (Fsp3) is 0.812. The van der Waals surface area contributed by atoms with Crippen molar-refractivity contribution in [3.05, 3.63) is 11.3 Å². The summed E-state index contributed by atoms with van der Waals surface area (Å²) in [4.78, 5) is 11.7. The number of cyclic esters (lactones) is 1. The van der Waals surface area contributed by atoms with Crippen LogP contribution in [0.2, 0.25) is 0 Å². The summed E-state index contributed by atoms with van der Waals surface area (Å²) < 4.78 is 22.6. The van der Waals surface area contributed by atoms with Crippen LogP contribution in [0.4, 0.5) is 0 Å². The van der Waals surface area contributed by atoms with E-state index in [9.17, 15) is 4.79 Å². The Labute approximate surface area is 125 Å². The van der Waals surface area contributed by atoms with Gasteiger partial charge in [-0.15, -0.1) is 0 Å².